The van der Waals surface area contributed by atoms with E-state index in [9.17, 15) is 0 Å². The maximum absolute atomic E-state index is 4.64. The number of nitrogens with one attached hydrogen (secondary N) is 2. The van der Waals surface area contributed by atoms with Gasteiger partial charge in [0.1, 0.15) is 17.5 Å². The third-order valence-corrected chi connectivity index (χ3v) is 2.96. The predicted molar refractivity (Wildman–Crippen MR) is 82.9 cm³/mol. The second kappa shape index (κ2) is 6.73. The van der Waals surface area contributed by atoms with E-state index in [4.69, 9.17) is 0 Å². The topological polar surface area (TPSA) is 49.8 Å². The van der Waals surface area contributed by atoms with Gasteiger partial charge in [0.15, 0.2) is 0 Å². The summed E-state index contributed by atoms with van der Waals surface area (Å²) in [5, 5.41) is 6.78. The van der Waals surface area contributed by atoms with Crippen molar-refractivity contribution in [3.63, 3.8) is 0 Å². The zero-order valence-corrected chi connectivity index (χ0v) is 13.2. The molecule has 0 radical (unpaired) electrons. The number of rotatable bonds is 6. The molecule has 1 atom stereocenters. The van der Waals surface area contributed by atoms with Crippen molar-refractivity contribution in [1.82, 2.24) is 9.97 Å². The van der Waals surface area contributed by atoms with Gasteiger partial charge in [-0.15, -0.1) is 0 Å². The zero-order valence-electron chi connectivity index (χ0n) is 13.2. The van der Waals surface area contributed by atoms with E-state index in [-0.39, 0.29) is 5.41 Å². The summed E-state index contributed by atoms with van der Waals surface area (Å²) in [5.41, 5.74) is -0.0458. The lowest BCUT2D eigenvalue weighted by atomic mass is 9.96. The molecular weight excluding hydrogens is 236 g/mol. The van der Waals surface area contributed by atoms with Crippen LogP contribution in [0.25, 0.3) is 0 Å². The average Bonchev–Trinajstić information content (AvgIpc) is 2.34. The number of hydrogen-bond acceptors (Lipinski definition) is 4. The molecule has 1 aromatic rings. The molecule has 4 heteroatoms. The van der Waals surface area contributed by atoms with Crippen molar-refractivity contribution < 1.29 is 0 Å². The van der Waals surface area contributed by atoms with Crippen molar-refractivity contribution >= 4 is 11.6 Å². The van der Waals surface area contributed by atoms with Crippen LogP contribution in [0.1, 0.15) is 60.2 Å². The van der Waals surface area contributed by atoms with Crippen molar-refractivity contribution in [2.24, 2.45) is 0 Å². The Morgan fingerprint density at radius 3 is 2.32 bits per heavy atom. The summed E-state index contributed by atoms with van der Waals surface area (Å²) in [7, 11) is 0. The van der Waals surface area contributed by atoms with Crippen molar-refractivity contribution in [3.8, 4) is 0 Å². The fourth-order valence-corrected chi connectivity index (χ4v) is 1.55. The third-order valence-electron chi connectivity index (χ3n) is 2.96. The first kappa shape index (κ1) is 15.7. The summed E-state index contributed by atoms with van der Waals surface area (Å²) in [6.45, 7) is 13.8. The maximum atomic E-state index is 4.64. The average molecular weight is 264 g/mol. The summed E-state index contributed by atoms with van der Waals surface area (Å²) < 4.78 is 0. The number of hydrogen-bond donors (Lipinski definition) is 2. The van der Waals surface area contributed by atoms with Crippen LogP contribution in [0.5, 0.6) is 0 Å². The van der Waals surface area contributed by atoms with E-state index in [1.165, 1.54) is 0 Å². The molecule has 1 unspecified atom stereocenters. The molecule has 0 spiro atoms. The van der Waals surface area contributed by atoms with Crippen molar-refractivity contribution in [2.45, 2.75) is 65.8 Å². The van der Waals surface area contributed by atoms with Gasteiger partial charge >= 0.3 is 0 Å². The van der Waals surface area contributed by atoms with Crippen LogP contribution in [0.3, 0.4) is 0 Å². The first-order chi connectivity index (χ1) is 8.86. The van der Waals surface area contributed by atoms with Crippen LogP contribution in [0.2, 0.25) is 0 Å². The molecular formula is C15H28N4. The Kier molecular flexibility index (Phi) is 5.58. The van der Waals surface area contributed by atoms with E-state index in [1.807, 2.05) is 6.07 Å². The lowest BCUT2D eigenvalue weighted by molar-refractivity contribution is 0.546. The Bertz CT molecular complexity index is 396. The molecule has 0 fully saturated rings. The van der Waals surface area contributed by atoms with Crippen LogP contribution < -0.4 is 10.6 Å². The first-order valence-corrected chi connectivity index (χ1v) is 7.26. The molecule has 108 valence electrons. The minimum Gasteiger partial charge on any atom is -0.370 e. The largest absolute Gasteiger partial charge is 0.370 e. The maximum Gasteiger partial charge on any atom is 0.138 e. The molecule has 0 saturated heterocycles. The smallest absolute Gasteiger partial charge is 0.138 e. The van der Waals surface area contributed by atoms with Crippen LogP contribution in [-0.2, 0) is 5.41 Å². The number of aromatic nitrogens is 2. The molecule has 0 aliphatic carbocycles. The number of nitrogens with zero attached hydrogens (tertiary/aromatic N) is 2. The Labute approximate surface area is 117 Å². The van der Waals surface area contributed by atoms with Crippen LogP contribution in [0, 0.1) is 0 Å². The number of anilines is 2. The van der Waals surface area contributed by atoms with Gasteiger partial charge in [-0.05, 0) is 19.8 Å². The Hall–Kier alpha value is -1.32. The van der Waals surface area contributed by atoms with Crippen LogP contribution in [-0.4, -0.2) is 22.6 Å². The molecule has 0 aliphatic heterocycles. The van der Waals surface area contributed by atoms with Crippen LogP contribution >= 0.6 is 0 Å². The summed E-state index contributed by atoms with van der Waals surface area (Å²) in [6, 6.07) is 2.42. The van der Waals surface area contributed by atoms with Gasteiger partial charge in [-0.25, -0.2) is 9.97 Å². The Morgan fingerprint density at radius 2 is 1.79 bits per heavy atom. The lowest BCUT2D eigenvalue weighted by Gasteiger charge is -2.20. The molecule has 4 nitrogen and oxygen atoms in total. The Morgan fingerprint density at radius 1 is 1.16 bits per heavy atom. The Balaban J connectivity index is 3.02. The van der Waals surface area contributed by atoms with E-state index in [0.717, 1.165) is 36.8 Å². The third kappa shape index (κ3) is 5.05. The van der Waals surface area contributed by atoms with Crippen molar-refractivity contribution in [3.05, 3.63) is 11.9 Å². The monoisotopic (exact) mass is 264 g/mol. The van der Waals surface area contributed by atoms with Gasteiger partial charge in [-0.2, -0.15) is 0 Å². The fourth-order valence-electron chi connectivity index (χ4n) is 1.55. The summed E-state index contributed by atoms with van der Waals surface area (Å²) >= 11 is 0. The highest BCUT2D eigenvalue weighted by Gasteiger charge is 2.19. The molecule has 19 heavy (non-hydrogen) atoms. The molecule has 0 bridgehead atoms. The van der Waals surface area contributed by atoms with Gasteiger partial charge in [-0.3, -0.25) is 0 Å². The SMILES string of the molecule is CCCNc1cc(NC(C)CC)nc(C(C)(C)C)n1. The van der Waals surface area contributed by atoms with E-state index in [2.05, 4.69) is 62.1 Å². The second-order valence-electron chi connectivity index (χ2n) is 6.09. The molecule has 0 aliphatic rings. The molecule has 1 rings (SSSR count). The molecule has 1 aromatic heterocycles. The van der Waals surface area contributed by atoms with Crippen molar-refractivity contribution in [1.29, 1.82) is 0 Å². The normalized spacial score (nSPS) is 13.2. The zero-order chi connectivity index (χ0) is 14.5. The van der Waals surface area contributed by atoms with Gasteiger partial charge in [0, 0.05) is 24.1 Å². The molecule has 1 heterocycles. The first-order valence-electron chi connectivity index (χ1n) is 7.26. The van der Waals surface area contributed by atoms with E-state index >= 15 is 0 Å². The molecule has 2 N–H and O–H groups in total. The standard InChI is InChI=1S/C15H28N4/c1-7-9-16-12-10-13(17-11(3)8-2)19-14(18-12)15(4,5)6/h10-11H,7-9H2,1-6H3,(H2,16,17,18,19). The van der Waals surface area contributed by atoms with Crippen LogP contribution in [0.15, 0.2) is 6.07 Å². The minimum absolute atomic E-state index is 0.0458. The van der Waals surface area contributed by atoms with E-state index in [1.54, 1.807) is 0 Å². The highest BCUT2D eigenvalue weighted by molar-refractivity contribution is 5.48. The molecule has 0 amide bonds. The second-order valence-corrected chi connectivity index (χ2v) is 6.09. The lowest BCUT2D eigenvalue weighted by Crippen LogP contribution is -2.21. The summed E-state index contributed by atoms with van der Waals surface area (Å²) in [4.78, 5) is 9.25. The quantitative estimate of drug-likeness (QED) is 0.820. The van der Waals surface area contributed by atoms with Gasteiger partial charge < -0.3 is 10.6 Å². The van der Waals surface area contributed by atoms with Crippen LogP contribution in [0.4, 0.5) is 11.6 Å². The van der Waals surface area contributed by atoms with Crippen molar-refractivity contribution in [2.75, 3.05) is 17.2 Å². The summed E-state index contributed by atoms with van der Waals surface area (Å²) in [5.74, 6) is 2.69. The molecule has 0 saturated carbocycles. The van der Waals surface area contributed by atoms with E-state index < -0.39 is 0 Å². The molecule has 0 aromatic carbocycles. The predicted octanol–water partition coefficient (Wildman–Crippen LogP) is 3.81. The van der Waals surface area contributed by atoms with E-state index in [0.29, 0.717) is 6.04 Å². The van der Waals surface area contributed by atoms with Gasteiger partial charge in [-0.1, -0.05) is 34.6 Å². The van der Waals surface area contributed by atoms with Gasteiger partial charge in [0.25, 0.3) is 0 Å². The summed E-state index contributed by atoms with van der Waals surface area (Å²) in [6.07, 6.45) is 2.16. The fraction of sp³-hybridized carbons (Fsp3) is 0.733. The van der Waals surface area contributed by atoms with Gasteiger partial charge in [0.05, 0.1) is 0 Å². The highest BCUT2D eigenvalue weighted by atomic mass is 15.1. The van der Waals surface area contributed by atoms with Gasteiger partial charge in [0.2, 0.25) is 0 Å². The minimum atomic E-state index is -0.0458. The highest BCUT2D eigenvalue weighted by Crippen LogP contribution is 2.22.